The second kappa shape index (κ2) is 12.1. The van der Waals surface area contributed by atoms with E-state index in [1.807, 2.05) is 0 Å². The Morgan fingerprint density at radius 2 is 1.69 bits per heavy atom. The van der Waals surface area contributed by atoms with E-state index in [0.29, 0.717) is 5.56 Å². The number of ether oxygens (including phenoxy) is 5. The van der Waals surface area contributed by atoms with Crippen molar-refractivity contribution in [3.05, 3.63) is 42.0 Å². The molecule has 10 atom stereocenters. The second-order valence-corrected chi connectivity index (χ2v) is 9.62. The second-order valence-electron chi connectivity index (χ2n) is 9.62. The van der Waals surface area contributed by atoms with Crippen LogP contribution in [0.4, 0.5) is 0 Å². The third-order valence-electron chi connectivity index (χ3n) is 6.83. The molecule has 13 heteroatoms. The van der Waals surface area contributed by atoms with Crippen LogP contribution in [0.3, 0.4) is 0 Å². The molecule has 13 nitrogen and oxygen atoms in total. The minimum absolute atomic E-state index is 0.101. The fourth-order valence-electron chi connectivity index (χ4n) is 4.71. The molecule has 2 saturated heterocycles. The van der Waals surface area contributed by atoms with Crippen molar-refractivity contribution in [1.29, 1.82) is 0 Å². The predicted octanol–water partition coefficient (Wildman–Crippen LogP) is -1.61. The summed E-state index contributed by atoms with van der Waals surface area (Å²) in [5, 5.41) is 54.2. The molecule has 1 amide bonds. The number of hydrogen-bond acceptors (Lipinski definition) is 12. The number of nitrogens with one attached hydrogen (secondary N) is 1. The van der Waals surface area contributed by atoms with Gasteiger partial charge in [0.2, 0.25) is 12.2 Å². The van der Waals surface area contributed by atoms with Crippen molar-refractivity contribution in [1.82, 2.24) is 5.32 Å². The summed E-state index contributed by atoms with van der Waals surface area (Å²) in [6.45, 7) is 6.31. The number of benzene rings is 1. The van der Waals surface area contributed by atoms with Crippen LogP contribution < -0.4 is 14.8 Å². The summed E-state index contributed by atoms with van der Waals surface area (Å²) >= 11 is 0. The average molecular weight is 552 g/mol. The van der Waals surface area contributed by atoms with Crippen LogP contribution in [0.25, 0.3) is 6.08 Å². The van der Waals surface area contributed by atoms with Crippen LogP contribution >= 0.6 is 0 Å². The van der Waals surface area contributed by atoms with Crippen molar-refractivity contribution in [2.24, 2.45) is 0 Å². The lowest BCUT2D eigenvalue weighted by Crippen LogP contribution is -2.67. The monoisotopic (exact) mass is 551 g/mol. The van der Waals surface area contributed by atoms with Crippen LogP contribution in [0.15, 0.2) is 36.4 Å². The van der Waals surface area contributed by atoms with E-state index in [4.69, 9.17) is 23.7 Å². The number of Topliss-reactive ketones (excluding diaryl/α,β-unsaturated/α-hetero) is 1. The number of fused-ring (bicyclic) bond motifs is 1. The van der Waals surface area contributed by atoms with Crippen molar-refractivity contribution < 1.29 is 58.8 Å². The Hall–Kier alpha value is -2.88. The smallest absolute Gasteiger partial charge is 0.247 e. The van der Waals surface area contributed by atoms with E-state index in [1.165, 1.54) is 32.1 Å². The maximum atomic E-state index is 12.9. The van der Waals surface area contributed by atoms with Gasteiger partial charge in [0.05, 0.1) is 6.04 Å². The first-order valence-electron chi connectivity index (χ1n) is 12.4. The first-order valence-corrected chi connectivity index (χ1v) is 12.4. The van der Waals surface area contributed by atoms with Gasteiger partial charge in [-0.2, -0.15) is 0 Å². The minimum Gasteiger partial charge on any atom is -0.486 e. The summed E-state index contributed by atoms with van der Waals surface area (Å²) < 4.78 is 27.2. The number of aliphatic hydroxyl groups excluding tert-OH is 5. The van der Waals surface area contributed by atoms with E-state index in [2.05, 4.69) is 11.9 Å². The van der Waals surface area contributed by atoms with E-state index in [9.17, 15) is 35.1 Å². The highest BCUT2D eigenvalue weighted by atomic mass is 16.7. The van der Waals surface area contributed by atoms with Crippen LogP contribution in [0.2, 0.25) is 0 Å². The molecule has 0 aromatic heterocycles. The molecule has 1 saturated carbocycles. The summed E-state index contributed by atoms with van der Waals surface area (Å²) in [5.74, 6) is -0.716. The highest BCUT2D eigenvalue weighted by Gasteiger charge is 2.53. The Labute approximate surface area is 224 Å². The fourth-order valence-corrected chi connectivity index (χ4v) is 4.71. The van der Waals surface area contributed by atoms with Gasteiger partial charge in [-0.25, -0.2) is 0 Å². The molecule has 0 radical (unpaired) electrons. The van der Waals surface area contributed by atoms with Gasteiger partial charge in [0, 0.05) is 5.57 Å². The third kappa shape index (κ3) is 6.00. The predicted molar refractivity (Wildman–Crippen MR) is 132 cm³/mol. The Morgan fingerprint density at radius 3 is 2.33 bits per heavy atom. The molecular weight excluding hydrogens is 518 g/mol. The van der Waals surface area contributed by atoms with Crippen LogP contribution in [0, 0.1) is 0 Å². The normalized spacial score (nSPS) is 36.2. The van der Waals surface area contributed by atoms with Crippen LogP contribution in [0.5, 0.6) is 11.5 Å². The molecule has 3 fully saturated rings. The van der Waals surface area contributed by atoms with E-state index < -0.39 is 72.9 Å². The number of amides is 1. The van der Waals surface area contributed by atoms with E-state index in [1.54, 1.807) is 12.1 Å². The molecule has 1 aliphatic carbocycles. The molecule has 1 aromatic rings. The van der Waals surface area contributed by atoms with E-state index in [-0.39, 0.29) is 30.5 Å². The number of carbonyl (C=O) groups excluding carboxylic acids is 2. The van der Waals surface area contributed by atoms with Crippen molar-refractivity contribution in [3.8, 4) is 11.5 Å². The van der Waals surface area contributed by atoms with Gasteiger partial charge in [-0.1, -0.05) is 18.7 Å². The number of ketones is 1. The lowest BCUT2D eigenvalue weighted by atomic mass is 9.83. The van der Waals surface area contributed by atoms with Gasteiger partial charge in [-0.05, 0) is 37.6 Å². The molecular formula is C26H33NO12. The summed E-state index contributed by atoms with van der Waals surface area (Å²) in [4.78, 5) is 24.6. The Kier molecular flexibility index (Phi) is 9.03. The molecule has 0 unspecified atom stereocenters. The minimum atomic E-state index is -1.48. The molecule has 0 spiro atoms. The maximum Gasteiger partial charge on any atom is 0.247 e. The zero-order valence-electron chi connectivity index (χ0n) is 21.4. The SMILES string of the molecule is C=CCOc1cc(/C=C(\C)C(=O)N[C@@H]2[C@H](O)[C@@H](O)[C@H]3OCO[C@H]3[C@@H]2O)ccc1O[C@@H]1O[C@@H](C(C)=O)[C@@H](O)[C@@H]1O. The zero-order valence-corrected chi connectivity index (χ0v) is 21.4. The van der Waals surface area contributed by atoms with Gasteiger partial charge in [0.1, 0.15) is 62.2 Å². The van der Waals surface area contributed by atoms with E-state index in [0.717, 1.165) is 0 Å². The number of rotatable bonds is 9. The van der Waals surface area contributed by atoms with Crippen molar-refractivity contribution in [2.45, 2.75) is 75.0 Å². The summed E-state index contributed by atoms with van der Waals surface area (Å²) in [6, 6.07) is 3.45. The van der Waals surface area contributed by atoms with Gasteiger partial charge < -0.3 is 54.5 Å². The molecule has 4 rings (SSSR count). The Balaban J connectivity index is 1.48. The average Bonchev–Trinajstić information content (AvgIpc) is 3.51. The first-order chi connectivity index (χ1) is 18.5. The van der Waals surface area contributed by atoms with Gasteiger partial charge in [0.25, 0.3) is 0 Å². The van der Waals surface area contributed by atoms with Gasteiger partial charge >= 0.3 is 0 Å². The van der Waals surface area contributed by atoms with E-state index >= 15 is 0 Å². The molecule has 0 bridgehead atoms. The highest BCUT2D eigenvalue weighted by Crippen LogP contribution is 2.34. The third-order valence-corrected chi connectivity index (χ3v) is 6.83. The summed E-state index contributed by atoms with van der Waals surface area (Å²) in [5.41, 5.74) is 0.723. The van der Waals surface area contributed by atoms with Crippen molar-refractivity contribution in [2.75, 3.05) is 13.4 Å². The topological polar surface area (TPSA) is 193 Å². The molecule has 39 heavy (non-hydrogen) atoms. The molecule has 2 heterocycles. The summed E-state index contributed by atoms with van der Waals surface area (Å²) in [7, 11) is 0. The highest BCUT2D eigenvalue weighted by molar-refractivity contribution is 5.97. The summed E-state index contributed by atoms with van der Waals surface area (Å²) in [6.07, 6.45) is -8.41. The van der Waals surface area contributed by atoms with Crippen molar-refractivity contribution in [3.63, 3.8) is 0 Å². The zero-order chi connectivity index (χ0) is 28.4. The van der Waals surface area contributed by atoms with Gasteiger partial charge in [-0.15, -0.1) is 0 Å². The van der Waals surface area contributed by atoms with Crippen LogP contribution in [-0.4, -0.2) is 112 Å². The van der Waals surface area contributed by atoms with Gasteiger partial charge in [0.15, 0.2) is 17.3 Å². The van der Waals surface area contributed by atoms with Crippen molar-refractivity contribution >= 4 is 17.8 Å². The molecule has 3 aliphatic rings. The van der Waals surface area contributed by atoms with Crippen LogP contribution in [0.1, 0.15) is 19.4 Å². The lowest BCUT2D eigenvalue weighted by Gasteiger charge is -2.41. The quantitative estimate of drug-likeness (QED) is 0.152. The number of hydrogen-bond donors (Lipinski definition) is 6. The molecule has 6 N–H and O–H groups in total. The van der Waals surface area contributed by atoms with Crippen LogP contribution in [-0.2, 0) is 23.8 Å². The lowest BCUT2D eigenvalue weighted by molar-refractivity contribution is -0.155. The number of carbonyl (C=O) groups is 2. The Morgan fingerprint density at radius 1 is 1.00 bits per heavy atom. The fraction of sp³-hybridized carbons (Fsp3) is 0.538. The number of aliphatic hydroxyl groups is 5. The van der Waals surface area contributed by atoms with Gasteiger partial charge in [-0.3, -0.25) is 9.59 Å². The molecule has 2 aliphatic heterocycles. The largest absolute Gasteiger partial charge is 0.486 e. The molecule has 214 valence electrons. The maximum absolute atomic E-state index is 12.9. The first kappa shape index (κ1) is 29.1. The Bertz CT molecular complexity index is 1110. The molecule has 1 aromatic carbocycles. The standard InChI is InChI=1S/C26H33NO12/c1-4-7-35-15-9-13(5-6-14(15)38-26-21(33)20(32)22(39-26)12(3)28)8-11(2)25(34)27-16-17(29)19(31)24-23(18(16)30)36-10-37-24/h4-6,8-9,16-24,26,29-33H,1,7,10H2,2-3H3,(H,27,34)/b11-8+/t16-,17+,18-,19-,20+,21+,22+,23+,24-,26-/m1/s1.